The lowest BCUT2D eigenvalue weighted by Gasteiger charge is -2.00. The third kappa shape index (κ3) is 1.61. The van der Waals surface area contributed by atoms with Crippen LogP contribution >= 0.6 is 0 Å². The second kappa shape index (κ2) is 3.55. The third-order valence-corrected chi connectivity index (χ3v) is 2.62. The lowest BCUT2D eigenvalue weighted by Crippen LogP contribution is -2.09. The van der Waals surface area contributed by atoms with Crippen molar-refractivity contribution in [3.05, 3.63) is 46.5 Å². The van der Waals surface area contributed by atoms with Crippen LogP contribution < -0.4 is 5.56 Å². The molecule has 0 saturated heterocycles. The average molecular weight is 226 g/mol. The van der Waals surface area contributed by atoms with Crippen molar-refractivity contribution in [2.75, 3.05) is 0 Å². The predicted molar refractivity (Wildman–Crippen MR) is 64.7 cm³/mol. The highest BCUT2D eigenvalue weighted by Gasteiger charge is 2.06. The van der Waals surface area contributed by atoms with Gasteiger partial charge in [0.15, 0.2) is 11.2 Å². The van der Waals surface area contributed by atoms with E-state index in [-0.39, 0.29) is 5.56 Å². The lowest BCUT2D eigenvalue weighted by atomic mass is 10.1. The minimum atomic E-state index is -0.205. The molecule has 17 heavy (non-hydrogen) atoms. The van der Waals surface area contributed by atoms with Crippen molar-refractivity contribution in [2.45, 2.75) is 6.92 Å². The topological polar surface area (TPSA) is 74.4 Å². The summed E-state index contributed by atoms with van der Waals surface area (Å²) in [5, 5.41) is 0. The fourth-order valence-electron chi connectivity index (χ4n) is 1.69. The van der Waals surface area contributed by atoms with E-state index in [0.29, 0.717) is 17.0 Å². The van der Waals surface area contributed by atoms with Gasteiger partial charge in [-0.1, -0.05) is 29.8 Å². The number of hydrogen-bond donors (Lipinski definition) is 2. The van der Waals surface area contributed by atoms with Gasteiger partial charge >= 0.3 is 0 Å². The summed E-state index contributed by atoms with van der Waals surface area (Å²) in [7, 11) is 0. The van der Waals surface area contributed by atoms with Gasteiger partial charge in [0.05, 0.1) is 6.33 Å². The number of rotatable bonds is 1. The maximum absolute atomic E-state index is 11.7. The van der Waals surface area contributed by atoms with Gasteiger partial charge in [-0.3, -0.25) is 4.79 Å². The molecule has 0 aliphatic carbocycles. The van der Waals surface area contributed by atoms with Crippen LogP contribution in [-0.2, 0) is 0 Å². The number of fused-ring (bicyclic) bond motifs is 1. The molecule has 0 aliphatic heterocycles. The molecule has 0 radical (unpaired) electrons. The van der Waals surface area contributed by atoms with Crippen molar-refractivity contribution in [3.63, 3.8) is 0 Å². The molecule has 2 aromatic heterocycles. The number of nitrogens with zero attached hydrogens (tertiary/aromatic N) is 2. The van der Waals surface area contributed by atoms with E-state index in [1.165, 1.54) is 6.33 Å². The zero-order chi connectivity index (χ0) is 11.8. The van der Waals surface area contributed by atoms with E-state index in [4.69, 9.17) is 0 Å². The molecule has 0 fully saturated rings. The summed E-state index contributed by atoms with van der Waals surface area (Å²) in [6.45, 7) is 2.01. The minimum Gasteiger partial charge on any atom is -0.339 e. The molecule has 84 valence electrons. The van der Waals surface area contributed by atoms with E-state index >= 15 is 0 Å². The van der Waals surface area contributed by atoms with Gasteiger partial charge in [-0.25, -0.2) is 9.97 Å². The molecule has 0 unspecified atom stereocenters. The Labute approximate surface area is 96.6 Å². The van der Waals surface area contributed by atoms with Gasteiger partial charge in [-0.15, -0.1) is 0 Å². The number of benzene rings is 1. The van der Waals surface area contributed by atoms with Crippen molar-refractivity contribution in [3.8, 4) is 11.4 Å². The SMILES string of the molecule is Cc1ccc(-c2nc3nc[nH]c3c(=O)[nH]2)cc1. The third-order valence-electron chi connectivity index (χ3n) is 2.62. The second-order valence-corrected chi connectivity index (χ2v) is 3.88. The highest BCUT2D eigenvalue weighted by Crippen LogP contribution is 2.15. The molecule has 3 aromatic rings. The first kappa shape index (κ1) is 9.77. The van der Waals surface area contributed by atoms with E-state index in [1.54, 1.807) is 0 Å². The summed E-state index contributed by atoms with van der Waals surface area (Å²) >= 11 is 0. The maximum Gasteiger partial charge on any atom is 0.277 e. The summed E-state index contributed by atoms with van der Waals surface area (Å²) in [6.07, 6.45) is 1.46. The Morgan fingerprint density at radius 2 is 1.94 bits per heavy atom. The molecule has 3 rings (SSSR count). The van der Waals surface area contributed by atoms with Crippen LogP contribution in [0.25, 0.3) is 22.6 Å². The van der Waals surface area contributed by atoms with Gasteiger partial charge in [0.25, 0.3) is 5.56 Å². The highest BCUT2D eigenvalue weighted by atomic mass is 16.1. The molecule has 0 saturated carbocycles. The Balaban J connectivity index is 2.23. The smallest absolute Gasteiger partial charge is 0.277 e. The van der Waals surface area contributed by atoms with E-state index in [1.807, 2.05) is 31.2 Å². The van der Waals surface area contributed by atoms with Gasteiger partial charge in [0, 0.05) is 5.56 Å². The first-order valence-corrected chi connectivity index (χ1v) is 5.24. The molecule has 2 N–H and O–H groups in total. The number of nitrogens with one attached hydrogen (secondary N) is 2. The molecular formula is C12H10N4O. The number of H-pyrrole nitrogens is 2. The van der Waals surface area contributed by atoms with Gasteiger partial charge in [-0.2, -0.15) is 0 Å². The molecular weight excluding hydrogens is 216 g/mol. The van der Waals surface area contributed by atoms with Gasteiger partial charge in [-0.05, 0) is 6.92 Å². The number of aryl methyl sites for hydroxylation is 1. The summed E-state index contributed by atoms with van der Waals surface area (Å²) in [5.41, 5.74) is 2.67. The first-order chi connectivity index (χ1) is 8.24. The Morgan fingerprint density at radius 3 is 2.71 bits per heavy atom. The molecule has 0 aliphatic rings. The van der Waals surface area contributed by atoms with E-state index in [0.717, 1.165) is 11.1 Å². The molecule has 0 spiro atoms. The Morgan fingerprint density at radius 1 is 1.18 bits per heavy atom. The largest absolute Gasteiger partial charge is 0.339 e. The zero-order valence-corrected chi connectivity index (χ0v) is 9.19. The van der Waals surface area contributed by atoms with Crippen LogP contribution in [0.1, 0.15) is 5.56 Å². The minimum absolute atomic E-state index is 0.205. The summed E-state index contributed by atoms with van der Waals surface area (Å²) in [5.74, 6) is 0.537. The number of aromatic amines is 2. The van der Waals surface area contributed by atoms with Crippen LogP contribution in [0.3, 0.4) is 0 Å². The monoisotopic (exact) mass is 226 g/mol. The Bertz CT molecular complexity index is 724. The van der Waals surface area contributed by atoms with Crippen molar-refractivity contribution >= 4 is 11.2 Å². The van der Waals surface area contributed by atoms with E-state index < -0.39 is 0 Å². The van der Waals surface area contributed by atoms with Crippen LogP contribution in [0.15, 0.2) is 35.4 Å². The van der Waals surface area contributed by atoms with E-state index in [9.17, 15) is 4.79 Å². The second-order valence-electron chi connectivity index (χ2n) is 3.88. The standard InChI is InChI=1S/C12H10N4O/c1-7-2-4-8(5-3-7)10-15-11-9(12(17)16-10)13-6-14-11/h2-6H,1H3,(H2,13,14,15,16,17). The van der Waals surface area contributed by atoms with Crippen LogP contribution in [0, 0.1) is 6.92 Å². The molecule has 5 heteroatoms. The van der Waals surface area contributed by atoms with Gasteiger partial charge in [0.1, 0.15) is 5.82 Å². The number of hydrogen-bond acceptors (Lipinski definition) is 3. The summed E-state index contributed by atoms with van der Waals surface area (Å²) < 4.78 is 0. The van der Waals surface area contributed by atoms with Crippen molar-refractivity contribution in [1.82, 2.24) is 19.9 Å². The fraction of sp³-hybridized carbons (Fsp3) is 0.0833. The maximum atomic E-state index is 11.7. The summed E-state index contributed by atoms with van der Waals surface area (Å²) in [6, 6.07) is 7.80. The fourth-order valence-corrected chi connectivity index (χ4v) is 1.69. The van der Waals surface area contributed by atoms with Gasteiger partial charge < -0.3 is 9.97 Å². The molecule has 1 aromatic carbocycles. The number of aromatic nitrogens is 4. The van der Waals surface area contributed by atoms with Crippen molar-refractivity contribution < 1.29 is 0 Å². The Hall–Kier alpha value is -2.43. The van der Waals surface area contributed by atoms with Crippen molar-refractivity contribution in [1.29, 1.82) is 0 Å². The molecule has 0 atom stereocenters. The normalized spacial score (nSPS) is 10.9. The Kier molecular flexibility index (Phi) is 2.04. The van der Waals surface area contributed by atoms with Crippen LogP contribution in [0.4, 0.5) is 0 Å². The van der Waals surface area contributed by atoms with Gasteiger partial charge in [0.2, 0.25) is 0 Å². The highest BCUT2D eigenvalue weighted by molar-refractivity contribution is 5.71. The first-order valence-electron chi connectivity index (χ1n) is 5.24. The predicted octanol–water partition coefficient (Wildman–Crippen LogP) is 1.62. The molecule has 0 bridgehead atoms. The van der Waals surface area contributed by atoms with Crippen molar-refractivity contribution in [2.24, 2.45) is 0 Å². The number of imidazole rings is 1. The van der Waals surface area contributed by atoms with Crippen LogP contribution in [-0.4, -0.2) is 19.9 Å². The molecule has 2 heterocycles. The lowest BCUT2D eigenvalue weighted by molar-refractivity contribution is 1.16. The zero-order valence-electron chi connectivity index (χ0n) is 9.19. The summed E-state index contributed by atoms with van der Waals surface area (Å²) in [4.78, 5) is 25.5. The average Bonchev–Trinajstić information content (AvgIpc) is 2.78. The van der Waals surface area contributed by atoms with E-state index in [2.05, 4.69) is 19.9 Å². The molecule has 5 nitrogen and oxygen atoms in total. The van der Waals surface area contributed by atoms with Crippen LogP contribution in [0.2, 0.25) is 0 Å². The van der Waals surface area contributed by atoms with Crippen LogP contribution in [0.5, 0.6) is 0 Å². The molecule has 0 amide bonds. The quantitative estimate of drug-likeness (QED) is 0.662.